The van der Waals surface area contributed by atoms with E-state index in [1.807, 2.05) is 37.3 Å². The van der Waals surface area contributed by atoms with Crippen molar-refractivity contribution in [2.45, 2.75) is 38.3 Å². The molecule has 3 heteroatoms. The lowest BCUT2D eigenvalue weighted by Crippen LogP contribution is -2.18. The Morgan fingerprint density at radius 1 is 1.29 bits per heavy atom. The first-order valence-corrected chi connectivity index (χ1v) is 8.95. The molecule has 1 fully saturated rings. The SMILES string of the molecule is CC(CO)c1ccccc1.C[SiH]1CCCCO1. The average molecular weight is 252 g/mol. The first-order chi connectivity index (χ1) is 8.24. The molecule has 0 aromatic heterocycles. The van der Waals surface area contributed by atoms with Crippen molar-refractivity contribution in [2.24, 2.45) is 0 Å². The number of aliphatic hydroxyl groups is 1. The van der Waals surface area contributed by atoms with Crippen molar-refractivity contribution in [3.05, 3.63) is 35.9 Å². The number of benzene rings is 1. The number of hydrogen-bond donors (Lipinski definition) is 1. The molecule has 96 valence electrons. The maximum Gasteiger partial charge on any atom is 0.173 e. The lowest BCUT2D eigenvalue weighted by Gasteiger charge is -2.16. The van der Waals surface area contributed by atoms with Gasteiger partial charge in [-0.15, -0.1) is 0 Å². The second-order valence-corrected chi connectivity index (χ2v) is 7.20. The van der Waals surface area contributed by atoms with E-state index in [0.29, 0.717) is 0 Å². The predicted octanol–water partition coefficient (Wildman–Crippen LogP) is 2.93. The molecule has 1 saturated heterocycles. The minimum Gasteiger partial charge on any atom is -0.420 e. The van der Waals surface area contributed by atoms with Crippen LogP contribution < -0.4 is 0 Å². The molecule has 1 aliphatic heterocycles. The van der Waals surface area contributed by atoms with E-state index in [9.17, 15) is 0 Å². The fourth-order valence-corrected chi connectivity index (χ4v) is 3.39. The molecule has 0 aliphatic carbocycles. The van der Waals surface area contributed by atoms with Gasteiger partial charge in [0.05, 0.1) is 0 Å². The van der Waals surface area contributed by atoms with Gasteiger partial charge in [-0.2, -0.15) is 0 Å². The van der Waals surface area contributed by atoms with Crippen molar-refractivity contribution in [3.8, 4) is 0 Å². The molecule has 2 atom stereocenters. The van der Waals surface area contributed by atoms with Crippen molar-refractivity contribution in [3.63, 3.8) is 0 Å². The van der Waals surface area contributed by atoms with Crippen molar-refractivity contribution < 1.29 is 9.53 Å². The molecule has 1 aromatic carbocycles. The molecule has 0 spiro atoms. The minimum absolute atomic E-state index is 0.226. The quantitative estimate of drug-likeness (QED) is 0.820. The van der Waals surface area contributed by atoms with Gasteiger partial charge < -0.3 is 9.53 Å². The van der Waals surface area contributed by atoms with Crippen molar-refractivity contribution in [2.75, 3.05) is 13.2 Å². The third-order valence-corrected chi connectivity index (χ3v) is 5.08. The second kappa shape index (κ2) is 8.45. The van der Waals surface area contributed by atoms with Crippen LogP contribution in [0.1, 0.15) is 31.2 Å². The predicted molar refractivity (Wildman–Crippen MR) is 74.9 cm³/mol. The summed E-state index contributed by atoms with van der Waals surface area (Å²) in [5.41, 5.74) is 1.20. The lowest BCUT2D eigenvalue weighted by atomic mass is 10.0. The first kappa shape index (κ1) is 14.4. The van der Waals surface area contributed by atoms with E-state index < -0.39 is 9.04 Å². The summed E-state index contributed by atoms with van der Waals surface area (Å²) in [6.45, 7) is 5.56. The molecule has 17 heavy (non-hydrogen) atoms. The summed E-state index contributed by atoms with van der Waals surface area (Å²) in [7, 11) is -0.595. The smallest absolute Gasteiger partial charge is 0.173 e. The van der Waals surface area contributed by atoms with E-state index >= 15 is 0 Å². The molecule has 1 heterocycles. The molecule has 0 amide bonds. The van der Waals surface area contributed by atoms with Gasteiger partial charge in [-0.1, -0.05) is 43.7 Å². The third-order valence-electron chi connectivity index (χ3n) is 3.05. The van der Waals surface area contributed by atoms with Crippen LogP contribution in [0.25, 0.3) is 0 Å². The van der Waals surface area contributed by atoms with Crippen LogP contribution >= 0.6 is 0 Å². The van der Waals surface area contributed by atoms with Gasteiger partial charge in [0.25, 0.3) is 0 Å². The molecule has 1 aromatic rings. The number of rotatable bonds is 2. The van der Waals surface area contributed by atoms with E-state index in [1.165, 1.54) is 24.4 Å². The van der Waals surface area contributed by atoms with Crippen molar-refractivity contribution >= 4 is 9.04 Å². The summed E-state index contributed by atoms with van der Waals surface area (Å²) in [6.07, 6.45) is 2.73. The van der Waals surface area contributed by atoms with Gasteiger partial charge in [-0.05, 0) is 24.6 Å². The van der Waals surface area contributed by atoms with Gasteiger partial charge in [-0.3, -0.25) is 0 Å². The highest BCUT2D eigenvalue weighted by atomic mass is 28.3. The standard InChI is InChI=1S/C9H12O.C5H12OSi/c1-8(7-10)9-5-3-2-4-6-9;1-7-5-3-2-4-6-7/h2-6,8,10H,7H2,1H3;7H,2-5H2,1H3. The van der Waals surface area contributed by atoms with Crippen LogP contribution in [0.4, 0.5) is 0 Å². The van der Waals surface area contributed by atoms with Crippen molar-refractivity contribution in [1.29, 1.82) is 0 Å². The summed E-state index contributed by atoms with van der Waals surface area (Å²) in [5, 5.41) is 8.79. The van der Waals surface area contributed by atoms with E-state index in [4.69, 9.17) is 9.53 Å². The molecule has 2 unspecified atom stereocenters. The molecular formula is C14H24O2Si. The third kappa shape index (κ3) is 6.01. The number of aliphatic hydroxyl groups excluding tert-OH is 1. The Hall–Kier alpha value is -0.643. The fourth-order valence-electron chi connectivity index (χ4n) is 1.79. The fraction of sp³-hybridized carbons (Fsp3) is 0.571. The normalized spacial score (nSPS) is 21.2. The van der Waals surface area contributed by atoms with Gasteiger partial charge in [0.15, 0.2) is 9.04 Å². The lowest BCUT2D eigenvalue weighted by molar-refractivity contribution is 0.273. The van der Waals surface area contributed by atoms with Gasteiger partial charge in [-0.25, -0.2) is 0 Å². The van der Waals surface area contributed by atoms with Gasteiger partial charge >= 0.3 is 0 Å². The summed E-state index contributed by atoms with van der Waals surface area (Å²) >= 11 is 0. The maximum atomic E-state index is 8.79. The van der Waals surface area contributed by atoms with Gasteiger partial charge in [0, 0.05) is 19.1 Å². The summed E-state index contributed by atoms with van der Waals surface area (Å²) in [4.78, 5) is 0. The second-order valence-electron chi connectivity index (χ2n) is 4.67. The minimum atomic E-state index is -0.595. The van der Waals surface area contributed by atoms with Crippen molar-refractivity contribution in [1.82, 2.24) is 0 Å². The van der Waals surface area contributed by atoms with Gasteiger partial charge in [0.2, 0.25) is 0 Å². The Kier molecular flexibility index (Phi) is 7.16. The Labute approximate surface area is 106 Å². The largest absolute Gasteiger partial charge is 0.420 e. The summed E-state index contributed by atoms with van der Waals surface area (Å²) in [6, 6.07) is 11.4. The van der Waals surface area contributed by atoms with Crippen LogP contribution in [0.5, 0.6) is 0 Å². The Morgan fingerprint density at radius 3 is 2.41 bits per heavy atom. The molecule has 1 N–H and O–H groups in total. The Balaban J connectivity index is 0.000000181. The Bertz CT molecular complexity index is 284. The Morgan fingerprint density at radius 2 is 2.00 bits per heavy atom. The number of hydrogen-bond acceptors (Lipinski definition) is 2. The van der Waals surface area contributed by atoms with E-state index in [2.05, 4.69) is 6.55 Å². The molecule has 2 rings (SSSR count). The molecule has 1 aliphatic rings. The van der Waals surface area contributed by atoms with Crippen LogP contribution in [0.3, 0.4) is 0 Å². The molecule has 0 bridgehead atoms. The highest BCUT2D eigenvalue weighted by Gasteiger charge is 2.08. The topological polar surface area (TPSA) is 29.5 Å². The molecule has 0 saturated carbocycles. The van der Waals surface area contributed by atoms with E-state index in [-0.39, 0.29) is 12.5 Å². The highest BCUT2D eigenvalue weighted by molar-refractivity contribution is 6.50. The maximum absolute atomic E-state index is 8.79. The zero-order chi connectivity index (χ0) is 12.5. The van der Waals surface area contributed by atoms with E-state index in [1.54, 1.807) is 0 Å². The first-order valence-electron chi connectivity index (χ1n) is 6.51. The summed E-state index contributed by atoms with van der Waals surface area (Å²) < 4.78 is 5.42. The van der Waals surface area contributed by atoms with Gasteiger partial charge in [0.1, 0.15) is 0 Å². The zero-order valence-corrected chi connectivity index (χ0v) is 12.1. The highest BCUT2D eigenvalue weighted by Crippen LogP contribution is 2.12. The van der Waals surface area contributed by atoms with Crippen LogP contribution in [-0.4, -0.2) is 27.4 Å². The van der Waals surface area contributed by atoms with Crippen LogP contribution in [0.15, 0.2) is 30.3 Å². The monoisotopic (exact) mass is 252 g/mol. The summed E-state index contributed by atoms with van der Waals surface area (Å²) in [5.74, 6) is 0.265. The molecular weight excluding hydrogens is 228 g/mol. The molecule has 2 nitrogen and oxygen atoms in total. The van der Waals surface area contributed by atoms with Crippen LogP contribution in [-0.2, 0) is 4.43 Å². The molecule has 0 radical (unpaired) electrons. The average Bonchev–Trinajstić information content (AvgIpc) is 2.40. The van der Waals surface area contributed by atoms with E-state index in [0.717, 1.165) is 6.61 Å². The van der Waals surface area contributed by atoms with Crippen LogP contribution in [0, 0.1) is 0 Å². The van der Waals surface area contributed by atoms with Crippen LogP contribution in [0.2, 0.25) is 12.6 Å². The zero-order valence-electron chi connectivity index (χ0n) is 10.9.